The minimum atomic E-state index is -4.33. The smallest absolute Gasteiger partial charge is 0.367 e. The van der Waals surface area contributed by atoms with Gasteiger partial charge in [0.15, 0.2) is 0 Å². The van der Waals surface area contributed by atoms with Crippen LogP contribution < -0.4 is 11.2 Å². The molecular weight excluding hydrogens is 612 g/mol. The first kappa shape index (κ1) is 31.3. The highest BCUT2D eigenvalue weighted by Crippen LogP contribution is 2.42. The number of H-pyrrole nitrogens is 1. The average Bonchev–Trinajstić information content (AvgIpc) is 3.76. The Hall–Kier alpha value is -4.66. The van der Waals surface area contributed by atoms with Crippen molar-refractivity contribution in [1.82, 2.24) is 18.5 Å². The number of aromatic nitrogens is 4. The Labute approximate surface area is 265 Å². The lowest BCUT2D eigenvalue weighted by Gasteiger charge is -2.37. The van der Waals surface area contributed by atoms with Crippen molar-refractivity contribution < 1.29 is 26.8 Å². The highest BCUT2D eigenvalue weighted by atomic mass is 32.2. The Kier molecular flexibility index (Phi) is 9.10. The van der Waals surface area contributed by atoms with Gasteiger partial charge in [-0.1, -0.05) is 91.0 Å². The van der Waals surface area contributed by atoms with Crippen LogP contribution in [0.5, 0.6) is 0 Å². The van der Waals surface area contributed by atoms with E-state index in [0.29, 0.717) is 0 Å². The Morgan fingerprint density at radius 1 is 0.935 bits per heavy atom. The Balaban J connectivity index is 1.41. The van der Waals surface area contributed by atoms with Gasteiger partial charge in [0.2, 0.25) is 0 Å². The number of hydrogen-bond acceptors (Lipinski definition) is 9. The molecule has 1 fully saturated rings. The molecule has 238 valence electrons. The second-order valence-electron chi connectivity index (χ2n) is 10.7. The maximum absolute atomic E-state index is 13.2. The van der Waals surface area contributed by atoms with Crippen molar-refractivity contribution in [3.63, 3.8) is 0 Å². The van der Waals surface area contributed by atoms with Crippen LogP contribution in [0.4, 0.5) is 0 Å². The third-order valence-corrected chi connectivity index (χ3v) is 9.04. The third-order valence-electron chi connectivity index (χ3n) is 7.82. The van der Waals surface area contributed by atoms with Crippen molar-refractivity contribution in [3.8, 4) is 0 Å². The van der Waals surface area contributed by atoms with Crippen molar-refractivity contribution in [2.75, 3.05) is 13.7 Å². The molecule has 0 bridgehead atoms. The molecule has 1 aliphatic rings. The molecule has 3 aromatic carbocycles. The molecule has 2 aromatic heterocycles. The van der Waals surface area contributed by atoms with E-state index in [2.05, 4.69) is 9.97 Å². The zero-order valence-electron chi connectivity index (χ0n) is 24.8. The molecule has 0 aliphatic carbocycles. The fraction of sp³-hybridized carbons (Fsp3) is 0.242. The normalized spacial score (nSPS) is 18.5. The number of nitrogens with zero attached hydrogens (tertiary/aromatic N) is 3. The van der Waals surface area contributed by atoms with Crippen LogP contribution in [0.25, 0.3) is 0 Å². The number of methoxy groups -OCH3 is 1. The van der Waals surface area contributed by atoms with Gasteiger partial charge in [0.1, 0.15) is 30.4 Å². The molecule has 0 radical (unpaired) electrons. The number of aromatic amines is 1. The van der Waals surface area contributed by atoms with Crippen LogP contribution in [-0.4, -0.2) is 52.8 Å². The number of ether oxygens (including phenoxy) is 3. The molecule has 1 aliphatic heterocycles. The Morgan fingerprint density at radius 3 is 2.04 bits per heavy atom. The summed E-state index contributed by atoms with van der Waals surface area (Å²) < 4.78 is 52.6. The second-order valence-corrected chi connectivity index (χ2v) is 12.2. The van der Waals surface area contributed by atoms with Crippen LogP contribution in [0.3, 0.4) is 0 Å². The lowest BCUT2D eigenvalue weighted by atomic mass is 9.80. The van der Waals surface area contributed by atoms with Crippen LogP contribution in [0.2, 0.25) is 0 Å². The summed E-state index contributed by atoms with van der Waals surface area (Å²) in [5.74, 6) is 0. The van der Waals surface area contributed by atoms with E-state index in [-0.39, 0.29) is 25.2 Å². The molecule has 0 saturated carbocycles. The van der Waals surface area contributed by atoms with E-state index in [0.717, 1.165) is 27.0 Å². The van der Waals surface area contributed by atoms with Crippen molar-refractivity contribution >= 4 is 10.3 Å². The van der Waals surface area contributed by atoms with Crippen LogP contribution in [-0.2, 0) is 40.9 Å². The summed E-state index contributed by atoms with van der Waals surface area (Å²) in [6.45, 7) is -0.181. The van der Waals surface area contributed by atoms with Gasteiger partial charge in [0.05, 0.1) is 18.8 Å². The highest BCUT2D eigenvalue weighted by molar-refractivity contribution is 7.85. The molecule has 3 heterocycles. The van der Waals surface area contributed by atoms with Crippen LogP contribution in [0, 0.1) is 0 Å². The van der Waals surface area contributed by atoms with Gasteiger partial charge in [-0.25, -0.2) is 17.9 Å². The van der Waals surface area contributed by atoms with Gasteiger partial charge in [0.25, 0.3) is 5.56 Å². The van der Waals surface area contributed by atoms with E-state index in [1.165, 1.54) is 30.3 Å². The predicted molar refractivity (Wildman–Crippen MR) is 167 cm³/mol. The lowest BCUT2D eigenvalue weighted by molar-refractivity contribution is -0.0912. The van der Waals surface area contributed by atoms with Gasteiger partial charge in [0, 0.05) is 32.1 Å². The molecular formula is C33H32N4O8S. The quantitative estimate of drug-likeness (QED) is 0.202. The minimum Gasteiger partial charge on any atom is -0.380 e. The summed E-state index contributed by atoms with van der Waals surface area (Å²) in [5.41, 5.74) is 0.281. The molecule has 0 unspecified atom stereocenters. The summed E-state index contributed by atoms with van der Waals surface area (Å²) in [5, 5.41) is 0. The highest BCUT2D eigenvalue weighted by Gasteiger charge is 2.44. The van der Waals surface area contributed by atoms with Crippen molar-refractivity contribution in [2.45, 2.75) is 37.1 Å². The van der Waals surface area contributed by atoms with Gasteiger partial charge in [-0.3, -0.25) is 14.3 Å². The first-order valence-corrected chi connectivity index (χ1v) is 15.9. The molecule has 1 N–H and O–H groups in total. The average molecular weight is 645 g/mol. The molecule has 3 atom stereocenters. The number of hydrogen-bond donors (Lipinski definition) is 1. The largest absolute Gasteiger partial charge is 0.380 e. The standard InChI is InChI=1S/C33H32N4O8S/c1-42-21-24-20-37(32(39)35-31(24)38)30-19-28(45-46(40,41)36-18-17-34-23-36)29(44-30)22-43-33(25-11-5-2-6-12-25,26-13-7-3-8-14-26)27-15-9-4-10-16-27/h2-18,20,23,28-30H,19,21-22H2,1H3,(H,35,38,39)/t28-,29+,30+/m0/s1. The second kappa shape index (κ2) is 13.4. The summed E-state index contributed by atoms with van der Waals surface area (Å²) in [6.07, 6.45) is 1.95. The maximum Gasteiger partial charge on any atom is 0.367 e. The minimum absolute atomic E-state index is 0.0441. The SMILES string of the molecule is COCc1cn([C@H]2C[C@H](OS(=O)(=O)n3ccnc3)[C@@H](COC(c3ccccc3)(c3ccccc3)c3ccccc3)O2)c(=O)[nH]c1=O. The van der Waals surface area contributed by atoms with Gasteiger partial charge < -0.3 is 14.2 Å². The van der Waals surface area contributed by atoms with Gasteiger partial charge in [-0.15, -0.1) is 0 Å². The first-order valence-electron chi connectivity index (χ1n) is 14.5. The van der Waals surface area contributed by atoms with E-state index in [4.69, 9.17) is 18.4 Å². The van der Waals surface area contributed by atoms with E-state index >= 15 is 0 Å². The summed E-state index contributed by atoms with van der Waals surface area (Å²) in [7, 11) is -2.90. The molecule has 12 nitrogen and oxygen atoms in total. The van der Waals surface area contributed by atoms with E-state index in [1.807, 2.05) is 91.0 Å². The fourth-order valence-corrected chi connectivity index (χ4v) is 6.67. The zero-order chi connectivity index (χ0) is 32.1. The zero-order valence-corrected chi connectivity index (χ0v) is 25.7. The molecule has 5 aromatic rings. The number of rotatable bonds is 12. The molecule has 13 heteroatoms. The number of benzene rings is 3. The van der Waals surface area contributed by atoms with E-state index in [1.54, 1.807) is 0 Å². The number of imidazole rings is 1. The predicted octanol–water partition coefficient (Wildman–Crippen LogP) is 3.35. The van der Waals surface area contributed by atoms with Crippen LogP contribution >= 0.6 is 0 Å². The van der Waals surface area contributed by atoms with E-state index < -0.39 is 45.6 Å². The van der Waals surface area contributed by atoms with Crippen LogP contribution in [0.15, 0.2) is 126 Å². The lowest BCUT2D eigenvalue weighted by Crippen LogP contribution is -2.39. The Bertz CT molecular complexity index is 1870. The molecule has 0 amide bonds. The van der Waals surface area contributed by atoms with Crippen molar-refractivity contribution in [2.24, 2.45) is 0 Å². The molecule has 6 rings (SSSR count). The van der Waals surface area contributed by atoms with Gasteiger partial charge in [-0.2, -0.15) is 8.42 Å². The topological polar surface area (TPSA) is 144 Å². The molecule has 46 heavy (non-hydrogen) atoms. The van der Waals surface area contributed by atoms with E-state index in [9.17, 15) is 18.0 Å². The van der Waals surface area contributed by atoms with Crippen molar-refractivity contribution in [1.29, 1.82) is 0 Å². The summed E-state index contributed by atoms with van der Waals surface area (Å²) in [6, 6.07) is 29.1. The van der Waals surface area contributed by atoms with Crippen LogP contribution in [0.1, 0.15) is 34.9 Å². The Morgan fingerprint density at radius 2 is 1.52 bits per heavy atom. The third kappa shape index (κ3) is 6.23. The van der Waals surface area contributed by atoms with Gasteiger partial charge >= 0.3 is 16.0 Å². The van der Waals surface area contributed by atoms with Crippen molar-refractivity contribution in [3.05, 3.63) is 159 Å². The first-order chi connectivity index (χ1) is 22.3. The summed E-state index contributed by atoms with van der Waals surface area (Å²) >= 11 is 0. The summed E-state index contributed by atoms with van der Waals surface area (Å²) in [4.78, 5) is 31.4. The van der Waals surface area contributed by atoms with Gasteiger partial charge in [-0.05, 0) is 16.7 Å². The molecule has 1 saturated heterocycles. The number of nitrogens with one attached hydrogen (secondary N) is 1. The monoisotopic (exact) mass is 644 g/mol. The fourth-order valence-electron chi connectivity index (χ4n) is 5.68. The maximum atomic E-state index is 13.2. The molecule has 0 spiro atoms.